The van der Waals surface area contributed by atoms with E-state index >= 15 is 0 Å². The Morgan fingerprint density at radius 1 is 1.53 bits per heavy atom. The lowest BCUT2D eigenvalue weighted by Crippen LogP contribution is -2.25. The van der Waals surface area contributed by atoms with Crippen molar-refractivity contribution >= 4 is 11.6 Å². The Morgan fingerprint density at radius 3 is 2.47 bits per heavy atom. The molecular weight excluding hydrogens is 210 g/mol. The predicted molar refractivity (Wildman–Crippen MR) is 61.7 cm³/mol. The van der Waals surface area contributed by atoms with Crippen LogP contribution in [0.2, 0.25) is 5.02 Å². The molecule has 3 atom stereocenters. The average Bonchev–Trinajstić information content (AvgIpc) is 2.91. The Hall–Kier alpha value is -0.570. The number of nitrogens with two attached hydrogens (primary N) is 1. The Kier molecular flexibility index (Phi) is 2.75. The Morgan fingerprint density at radius 2 is 2.07 bits per heavy atom. The highest BCUT2D eigenvalue weighted by atomic mass is 35.5. The van der Waals surface area contributed by atoms with Gasteiger partial charge in [-0.25, -0.2) is 0 Å². The first-order valence-corrected chi connectivity index (χ1v) is 5.61. The van der Waals surface area contributed by atoms with E-state index in [0.29, 0.717) is 17.5 Å². The lowest BCUT2D eigenvalue weighted by molar-refractivity contribution is 0.0889. The maximum Gasteiger partial charge on any atom is 0.0860 e. The summed E-state index contributed by atoms with van der Waals surface area (Å²) in [5, 5.41) is 10.9. The molecule has 1 aromatic carbocycles. The number of halogens is 1. The molecule has 1 aliphatic rings. The molecule has 1 aliphatic carbocycles. The van der Waals surface area contributed by atoms with Crippen LogP contribution in [-0.2, 0) is 0 Å². The monoisotopic (exact) mass is 225 g/mol. The van der Waals surface area contributed by atoms with E-state index in [0.717, 1.165) is 12.0 Å². The van der Waals surface area contributed by atoms with Crippen molar-refractivity contribution in [1.82, 2.24) is 0 Å². The Balaban J connectivity index is 2.21. The van der Waals surface area contributed by atoms with Gasteiger partial charge in [0.2, 0.25) is 0 Å². The lowest BCUT2D eigenvalue weighted by Gasteiger charge is -2.22. The van der Waals surface area contributed by atoms with Gasteiger partial charge >= 0.3 is 0 Å². The van der Waals surface area contributed by atoms with Crippen LogP contribution in [-0.4, -0.2) is 11.7 Å². The van der Waals surface area contributed by atoms with Crippen LogP contribution in [0.5, 0.6) is 0 Å². The number of aliphatic hydroxyl groups is 1. The van der Waals surface area contributed by atoms with Crippen molar-refractivity contribution < 1.29 is 5.11 Å². The summed E-state index contributed by atoms with van der Waals surface area (Å²) in [4.78, 5) is 0. The number of aliphatic hydroxyl groups excluding tert-OH is 1. The molecule has 2 rings (SSSR count). The summed E-state index contributed by atoms with van der Waals surface area (Å²) >= 11 is 5.80. The first-order chi connectivity index (χ1) is 7.10. The molecule has 0 bridgehead atoms. The molecule has 82 valence electrons. The van der Waals surface area contributed by atoms with Gasteiger partial charge < -0.3 is 10.8 Å². The fourth-order valence-corrected chi connectivity index (χ4v) is 2.39. The van der Waals surface area contributed by atoms with E-state index in [4.69, 9.17) is 17.3 Å². The summed E-state index contributed by atoms with van der Waals surface area (Å²) in [5.74, 6) is 0.508. The van der Waals surface area contributed by atoms with Crippen molar-refractivity contribution in [2.24, 2.45) is 17.1 Å². The van der Waals surface area contributed by atoms with Crippen molar-refractivity contribution in [3.63, 3.8) is 0 Å². The van der Waals surface area contributed by atoms with Gasteiger partial charge in [0, 0.05) is 17.0 Å². The summed E-state index contributed by atoms with van der Waals surface area (Å²) < 4.78 is 0. The Labute approximate surface area is 95.1 Å². The maximum atomic E-state index is 10.2. The average molecular weight is 226 g/mol. The summed E-state index contributed by atoms with van der Waals surface area (Å²) in [7, 11) is 0. The summed E-state index contributed by atoms with van der Waals surface area (Å²) in [6, 6.07) is 7.35. The van der Waals surface area contributed by atoms with Crippen molar-refractivity contribution in [2.75, 3.05) is 6.54 Å². The molecule has 0 radical (unpaired) electrons. The van der Waals surface area contributed by atoms with Gasteiger partial charge in [-0.2, -0.15) is 0 Å². The topological polar surface area (TPSA) is 46.2 Å². The minimum absolute atomic E-state index is 0.103. The third-order valence-electron chi connectivity index (χ3n) is 3.62. The van der Waals surface area contributed by atoms with Gasteiger partial charge in [0.1, 0.15) is 0 Å². The zero-order valence-corrected chi connectivity index (χ0v) is 9.54. The van der Waals surface area contributed by atoms with E-state index in [1.54, 1.807) is 12.1 Å². The van der Waals surface area contributed by atoms with E-state index in [1.165, 1.54) is 0 Å². The van der Waals surface area contributed by atoms with Crippen LogP contribution >= 0.6 is 11.6 Å². The molecular formula is C12H16ClNO. The second-order valence-electron chi connectivity index (χ2n) is 4.50. The van der Waals surface area contributed by atoms with Crippen LogP contribution in [0, 0.1) is 11.3 Å². The molecule has 0 unspecified atom stereocenters. The minimum Gasteiger partial charge on any atom is -0.388 e. The highest BCUT2D eigenvalue weighted by Crippen LogP contribution is 2.59. The molecule has 3 heteroatoms. The van der Waals surface area contributed by atoms with Crippen molar-refractivity contribution in [1.29, 1.82) is 0 Å². The van der Waals surface area contributed by atoms with Crippen LogP contribution in [0.3, 0.4) is 0 Å². The van der Waals surface area contributed by atoms with Gasteiger partial charge in [-0.15, -0.1) is 0 Å². The van der Waals surface area contributed by atoms with Crippen LogP contribution in [0.25, 0.3) is 0 Å². The molecule has 0 aromatic heterocycles. The molecule has 15 heavy (non-hydrogen) atoms. The van der Waals surface area contributed by atoms with Gasteiger partial charge in [-0.3, -0.25) is 0 Å². The second-order valence-corrected chi connectivity index (χ2v) is 4.93. The fraction of sp³-hybridized carbons (Fsp3) is 0.500. The van der Waals surface area contributed by atoms with Crippen LogP contribution in [0.15, 0.2) is 24.3 Å². The summed E-state index contributed by atoms with van der Waals surface area (Å²) in [6.07, 6.45) is 0.544. The van der Waals surface area contributed by atoms with E-state index in [9.17, 15) is 5.11 Å². The highest BCUT2D eigenvalue weighted by molar-refractivity contribution is 6.30. The largest absolute Gasteiger partial charge is 0.388 e. The van der Waals surface area contributed by atoms with Gasteiger partial charge in [-0.05, 0) is 30.0 Å². The Bertz CT molecular complexity index is 347. The molecule has 0 heterocycles. The SMILES string of the molecule is C[C@@H]1C[C@@]1(CN)[C@H](O)c1ccc(Cl)cc1. The third kappa shape index (κ3) is 1.78. The van der Waals surface area contributed by atoms with E-state index in [2.05, 4.69) is 6.92 Å². The van der Waals surface area contributed by atoms with Gasteiger partial charge in [0.15, 0.2) is 0 Å². The van der Waals surface area contributed by atoms with E-state index in [-0.39, 0.29) is 5.41 Å². The van der Waals surface area contributed by atoms with Crippen molar-refractivity contribution in [2.45, 2.75) is 19.4 Å². The molecule has 1 saturated carbocycles. The quantitative estimate of drug-likeness (QED) is 0.830. The maximum absolute atomic E-state index is 10.2. The van der Waals surface area contributed by atoms with Crippen molar-refractivity contribution in [3.05, 3.63) is 34.9 Å². The zero-order valence-electron chi connectivity index (χ0n) is 8.78. The normalized spacial score (nSPS) is 31.3. The second kappa shape index (κ2) is 3.78. The highest BCUT2D eigenvalue weighted by Gasteiger charge is 2.55. The standard InChI is InChI=1S/C12H16ClNO/c1-8-6-12(8,7-14)11(15)9-2-4-10(13)5-3-9/h2-5,8,11,15H,6-7,14H2,1H3/t8-,11-,12+/m1/s1. The molecule has 0 saturated heterocycles. The number of benzene rings is 1. The first-order valence-electron chi connectivity index (χ1n) is 5.24. The predicted octanol–water partition coefficient (Wildman–Crippen LogP) is 2.36. The third-order valence-corrected chi connectivity index (χ3v) is 3.87. The smallest absolute Gasteiger partial charge is 0.0860 e. The first kappa shape index (κ1) is 10.9. The molecule has 3 N–H and O–H groups in total. The fourth-order valence-electron chi connectivity index (χ4n) is 2.27. The van der Waals surface area contributed by atoms with E-state index < -0.39 is 6.10 Å². The molecule has 0 amide bonds. The van der Waals surface area contributed by atoms with Gasteiger partial charge in [0.25, 0.3) is 0 Å². The summed E-state index contributed by atoms with van der Waals surface area (Å²) in [6.45, 7) is 2.67. The summed E-state index contributed by atoms with van der Waals surface area (Å²) in [5.41, 5.74) is 6.55. The van der Waals surface area contributed by atoms with Crippen molar-refractivity contribution in [3.8, 4) is 0 Å². The van der Waals surface area contributed by atoms with Crippen LogP contribution in [0.4, 0.5) is 0 Å². The molecule has 0 aliphatic heterocycles. The number of rotatable bonds is 3. The molecule has 1 aromatic rings. The molecule has 2 nitrogen and oxygen atoms in total. The molecule has 1 fully saturated rings. The van der Waals surface area contributed by atoms with E-state index in [1.807, 2.05) is 12.1 Å². The number of hydrogen-bond acceptors (Lipinski definition) is 2. The molecule has 0 spiro atoms. The minimum atomic E-state index is -0.463. The number of hydrogen-bond donors (Lipinski definition) is 2. The van der Waals surface area contributed by atoms with Crippen LogP contribution < -0.4 is 5.73 Å². The van der Waals surface area contributed by atoms with Gasteiger partial charge in [0.05, 0.1) is 6.10 Å². The van der Waals surface area contributed by atoms with Gasteiger partial charge in [-0.1, -0.05) is 30.7 Å². The lowest BCUT2D eigenvalue weighted by atomic mass is 9.91. The van der Waals surface area contributed by atoms with Crippen LogP contribution in [0.1, 0.15) is 25.0 Å². The zero-order chi connectivity index (χ0) is 11.1.